The van der Waals surface area contributed by atoms with Crippen LogP contribution in [0.2, 0.25) is 0 Å². The van der Waals surface area contributed by atoms with Crippen molar-refractivity contribution in [1.82, 2.24) is 20.3 Å². The second-order valence-corrected chi connectivity index (χ2v) is 7.39. The number of hydrogen-bond donors (Lipinski definition) is 2. The van der Waals surface area contributed by atoms with Gasteiger partial charge in [0.05, 0.1) is 11.6 Å². The molecule has 4 rings (SSSR count). The van der Waals surface area contributed by atoms with Gasteiger partial charge < -0.3 is 10.6 Å². The second kappa shape index (κ2) is 8.97. The van der Waals surface area contributed by atoms with Crippen LogP contribution in [-0.4, -0.2) is 26.8 Å². The molecule has 3 aromatic carbocycles. The molecule has 1 unspecified atom stereocenters. The smallest absolute Gasteiger partial charge is 0.255 e. The largest absolute Gasteiger partial charge is 0.346 e. The molecule has 2 N–H and O–H groups in total. The molecule has 8 heteroatoms. The van der Waals surface area contributed by atoms with Crippen molar-refractivity contribution in [2.24, 2.45) is 0 Å². The Kier molecular flexibility index (Phi) is 5.93. The molecule has 0 aliphatic heterocycles. The number of aromatic nitrogens is 3. The molecule has 1 heterocycles. The maximum absolute atomic E-state index is 13.0. The first-order chi connectivity index (χ1) is 15.4. The number of rotatable bonds is 6. The van der Waals surface area contributed by atoms with Gasteiger partial charge in [0.1, 0.15) is 11.3 Å². The monoisotopic (exact) mass is 431 g/mol. The Morgan fingerprint density at radius 2 is 1.66 bits per heavy atom. The number of nitrogens with zero attached hydrogens (tertiary/aromatic N) is 3. The number of carbonyl (C=O) groups is 2. The van der Waals surface area contributed by atoms with Crippen molar-refractivity contribution in [3.63, 3.8) is 0 Å². The zero-order valence-corrected chi connectivity index (χ0v) is 17.7. The van der Waals surface area contributed by atoms with Gasteiger partial charge in [0.25, 0.3) is 11.8 Å². The minimum Gasteiger partial charge on any atom is -0.346 e. The van der Waals surface area contributed by atoms with Crippen LogP contribution >= 0.6 is 0 Å². The molecular formula is C24H22FN5O2. The van der Waals surface area contributed by atoms with Crippen LogP contribution in [0, 0.1) is 5.82 Å². The van der Waals surface area contributed by atoms with Crippen molar-refractivity contribution < 1.29 is 14.0 Å². The number of nitrogens with one attached hydrogen (secondary N) is 2. The first kappa shape index (κ1) is 21.2. The van der Waals surface area contributed by atoms with E-state index < -0.39 is 5.82 Å². The van der Waals surface area contributed by atoms with E-state index in [1.807, 2.05) is 32.0 Å². The summed E-state index contributed by atoms with van der Waals surface area (Å²) in [5, 5.41) is 13.9. The van der Waals surface area contributed by atoms with Gasteiger partial charge in [-0.15, -0.1) is 5.10 Å². The van der Waals surface area contributed by atoms with E-state index in [9.17, 15) is 14.0 Å². The number of amides is 2. The zero-order valence-electron chi connectivity index (χ0n) is 17.7. The van der Waals surface area contributed by atoms with E-state index in [0.29, 0.717) is 28.9 Å². The van der Waals surface area contributed by atoms with Crippen molar-refractivity contribution in [2.45, 2.75) is 26.4 Å². The van der Waals surface area contributed by atoms with Gasteiger partial charge in [-0.3, -0.25) is 9.59 Å². The average molecular weight is 431 g/mol. The maximum atomic E-state index is 13.0. The summed E-state index contributed by atoms with van der Waals surface area (Å²) in [6, 6.07) is 17.6. The third-order valence-corrected chi connectivity index (χ3v) is 5.20. The number of carbonyl (C=O) groups excluding carboxylic acids is 2. The van der Waals surface area contributed by atoms with Crippen molar-refractivity contribution in [1.29, 1.82) is 0 Å². The van der Waals surface area contributed by atoms with Gasteiger partial charge in [-0.2, -0.15) is 0 Å². The Morgan fingerprint density at radius 1 is 0.969 bits per heavy atom. The van der Waals surface area contributed by atoms with Crippen molar-refractivity contribution in [3.8, 4) is 0 Å². The molecule has 0 radical (unpaired) electrons. The fourth-order valence-corrected chi connectivity index (χ4v) is 3.37. The van der Waals surface area contributed by atoms with E-state index in [0.717, 1.165) is 11.1 Å². The third-order valence-electron chi connectivity index (χ3n) is 5.20. The molecular weight excluding hydrogens is 409 g/mol. The average Bonchev–Trinajstić information content (AvgIpc) is 3.22. The van der Waals surface area contributed by atoms with Crippen molar-refractivity contribution >= 4 is 28.5 Å². The molecule has 0 saturated carbocycles. The molecule has 0 bridgehead atoms. The van der Waals surface area contributed by atoms with E-state index in [-0.39, 0.29) is 17.9 Å². The maximum Gasteiger partial charge on any atom is 0.255 e. The summed E-state index contributed by atoms with van der Waals surface area (Å²) >= 11 is 0. The van der Waals surface area contributed by atoms with Gasteiger partial charge in [-0.05, 0) is 74.0 Å². The number of fused-ring (bicyclic) bond motifs is 1. The normalized spacial score (nSPS) is 11.8. The summed E-state index contributed by atoms with van der Waals surface area (Å²) in [5.41, 5.74) is 3.92. The fraction of sp³-hybridized carbons (Fsp3) is 0.167. The lowest BCUT2D eigenvalue weighted by molar-refractivity contribution is 0.0939. The van der Waals surface area contributed by atoms with Crippen LogP contribution in [0.3, 0.4) is 0 Å². The molecule has 0 aliphatic carbocycles. The van der Waals surface area contributed by atoms with E-state index in [4.69, 9.17) is 0 Å². The highest BCUT2D eigenvalue weighted by atomic mass is 19.1. The van der Waals surface area contributed by atoms with E-state index in [1.165, 1.54) is 24.3 Å². The SMILES string of the molecule is CCn1nnc2cc(C(=O)NC(C)c3ccc(NC(=O)c4ccc(F)cc4)cc3)ccc21. The van der Waals surface area contributed by atoms with Crippen LogP contribution in [0.1, 0.15) is 46.2 Å². The lowest BCUT2D eigenvalue weighted by Gasteiger charge is -2.15. The van der Waals surface area contributed by atoms with Gasteiger partial charge in [-0.1, -0.05) is 17.3 Å². The molecule has 0 spiro atoms. The second-order valence-electron chi connectivity index (χ2n) is 7.39. The van der Waals surface area contributed by atoms with Gasteiger partial charge in [0.15, 0.2) is 0 Å². The van der Waals surface area contributed by atoms with Crippen LogP contribution in [0.5, 0.6) is 0 Å². The number of hydrogen-bond acceptors (Lipinski definition) is 4. The van der Waals surface area contributed by atoms with Crippen LogP contribution in [-0.2, 0) is 6.54 Å². The van der Waals surface area contributed by atoms with Crippen molar-refractivity contribution in [3.05, 3.63) is 89.2 Å². The molecule has 162 valence electrons. The predicted octanol–water partition coefficient (Wildman–Crippen LogP) is 4.33. The summed E-state index contributed by atoms with van der Waals surface area (Å²) in [4.78, 5) is 25.0. The molecule has 4 aromatic rings. The lowest BCUT2D eigenvalue weighted by atomic mass is 10.1. The molecule has 0 saturated heterocycles. The first-order valence-corrected chi connectivity index (χ1v) is 10.3. The molecule has 2 amide bonds. The molecule has 32 heavy (non-hydrogen) atoms. The Hall–Kier alpha value is -4.07. The zero-order chi connectivity index (χ0) is 22.7. The van der Waals surface area contributed by atoms with Crippen LogP contribution in [0.15, 0.2) is 66.7 Å². The summed E-state index contributed by atoms with van der Waals surface area (Å²) in [7, 11) is 0. The van der Waals surface area contributed by atoms with Crippen LogP contribution in [0.4, 0.5) is 10.1 Å². The molecule has 1 atom stereocenters. The summed E-state index contributed by atoms with van der Waals surface area (Å²) in [6.07, 6.45) is 0. The highest BCUT2D eigenvalue weighted by Crippen LogP contribution is 2.19. The number of benzene rings is 3. The highest BCUT2D eigenvalue weighted by molar-refractivity contribution is 6.04. The Bertz CT molecular complexity index is 1270. The Balaban J connectivity index is 1.40. The number of anilines is 1. The van der Waals surface area contributed by atoms with Crippen molar-refractivity contribution in [2.75, 3.05) is 5.32 Å². The van der Waals surface area contributed by atoms with E-state index in [2.05, 4.69) is 20.9 Å². The topological polar surface area (TPSA) is 88.9 Å². The third kappa shape index (κ3) is 4.49. The van der Waals surface area contributed by atoms with E-state index in [1.54, 1.807) is 28.9 Å². The minimum absolute atomic E-state index is 0.209. The van der Waals surface area contributed by atoms with Gasteiger partial charge in [0.2, 0.25) is 0 Å². The van der Waals surface area contributed by atoms with Gasteiger partial charge in [-0.25, -0.2) is 9.07 Å². The summed E-state index contributed by atoms with van der Waals surface area (Å²) < 4.78 is 14.8. The molecule has 0 fully saturated rings. The summed E-state index contributed by atoms with van der Waals surface area (Å²) in [6.45, 7) is 4.57. The number of halogens is 1. The quantitative estimate of drug-likeness (QED) is 0.476. The Morgan fingerprint density at radius 3 is 2.34 bits per heavy atom. The summed E-state index contributed by atoms with van der Waals surface area (Å²) in [5.74, 6) is -0.928. The Labute approximate surface area is 184 Å². The minimum atomic E-state index is -0.394. The van der Waals surface area contributed by atoms with E-state index >= 15 is 0 Å². The van der Waals surface area contributed by atoms with Crippen LogP contribution in [0.25, 0.3) is 11.0 Å². The first-order valence-electron chi connectivity index (χ1n) is 10.3. The van der Waals surface area contributed by atoms with Gasteiger partial charge in [0, 0.05) is 23.4 Å². The highest BCUT2D eigenvalue weighted by Gasteiger charge is 2.14. The lowest BCUT2D eigenvalue weighted by Crippen LogP contribution is -2.26. The fourth-order valence-electron chi connectivity index (χ4n) is 3.37. The molecule has 1 aromatic heterocycles. The standard InChI is InChI=1S/C24H22FN5O2/c1-3-30-22-13-8-18(14-21(22)28-29-30)24(32)26-15(2)16-6-11-20(12-7-16)27-23(31)17-4-9-19(25)10-5-17/h4-15H,3H2,1-2H3,(H,26,32)(H,27,31). The van der Waals surface area contributed by atoms with Crippen LogP contribution < -0.4 is 10.6 Å². The molecule has 0 aliphatic rings. The predicted molar refractivity (Wildman–Crippen MR) is 120 cm³/mol. The van der Waals surface area contributed by atoms with Gasteiger partial charge >= 0.3 is 0 Å². The molecule has 7 nitrogen and oxygen atoms in total. The number of aryl methyl sites for hydroxylation is 1.